The van der Waals surface area contributed by atoms with Gasteiger partial charge in [-0.2, -0.15) is 0 Å². The lowest BCUT2D eigenvalue weighted by Crippen LogP contribution is -2.40. The van der Waals surface area contributed by atoms with Crippen LogP contribution in [0.2, 0.25) is 0 Å². The molecule has 5 nitrogen and oxygen atoms in total. The van der Waals surface area contributed by atoms with E-state index in [-0.39, 0.29) is 6.03 Å². The fourth-order valence-corrected chi connectivity index (χ4v) is 2.70. The summed E-state index contributed by atoms with van der Waals surface area (Å²) in [6.45, 7) is 0. The lowest BCUT2D eigenvalue weighted by molar-refractivity contribution is -0.105. The Morgan fingerprint density at radius 1 is 1.15 bits per heavy atom. The summed E-state index contributed by atoms with van der Waals surface area (Å²) < 4.78 is 12.0. The minimum Gasteiger partial charge on any atom is -0.448 e. The third-order valence-electron chi connectivity index (χ3n) is 3.81. The molecule has 0 unspecified atom stereocenters. The summed E-state index contributed by atoms with van der Waals surface area (Å²) in [6.07, 6.45) is 5.38. The highest BCUT2D eigenvalue weighted by atomic mass is 16.7. The van der Waals surface area contributed by atoms with Crippen LogP contribution in [0.3, 0.4) is 0 Å². The predicted molar refractivity (Wildman–Crippen MR) is 76.2 cm³/mol. The zero-order valence-corrected chi connectivity index (χ0v) is 11.9. The molecule has 1 heterocycles. The molecule has 1 aliphatic heterocycles. The van der Waals surface area contributed by atoms with Crippen LogP contribution in [0.4, 0.5) is 10.5 Å². The van der Waals surface area contributed by atoms with E-state index in [4.69, 9.17) is 9.47 Å². The van der Waals surface area contributed by atoms with Crippen molar-refractivity contribution in [3.63, 3.8) is 0 Å². The van der Waals surface area contributed by atoms with Gasteiger partial charge in [-0.15, -0.1) is 0 Å². The van der Waals surface area contributed by atoms with Gasteiger partial charge in [-0.05, 0) is 25.0 Å². The van der Waals surface area contributed by atoms with Gasteiger partial charge in [0.15, 0.2) is 11.5 Å². The molecule has 1 aromatic rings. The van der Waals surface area contributed by atoms with Crippen molar-refractivity contribution in [2.75, 3.05) is 19.4 Å². The van der Waals surface area contributed by atoms with Gasteiger partial charge in [0.2, 0.25) is 0 Å². The summed E-state index contributed by atoms with van der Waals surface area (Å²) in [7, 11) is 3.42. The van der Waals surface area contributed by atoms with E-state index in [0.717, 1.165) is 42.9 Å². The van der Waals surface area contributed by atoms with Crippen molar-refractivity contribution in [3.05, 3.63) is 18.2 Å². The molecule has 1 aliphatic carbocycles. The molecule has 1 fully saturated rings. The zero-order chi connectivity index (χ0) is 14.2. The summed E-state index contributed by atoms with van der Waals surface area (Å²) in [5, 5.41) is 2.81. The standard InChI is InChI=1S/C15H20N2O3/c1-17(2)14(18)16-11-6-7-12-13(10-11)20-15(19-12)8-4-3-5-9-15/h6-7,10H,3-5,8-9H2,1-2H3,(H,16,18). The third-order valence-corrected chi connectivity index (χ3v) is 3.81. The van der Waals surface area contributed by atoms with Gasteiger partial charge in [-0.3, -0.25) is 0 Å². The molecule has 5 heteroatoms. The average molecular weight is 276 g/mol. The maximum atomic E-state index is 11.7. The number of carbonyl (C=O) groups excluding carboxylic acids is 1. The highest BCUT2D eigenvalue weighted by Crippen LogP contribution is 2.46. The number of amides is 2. The predicted octanol–water partition coefficient (Wildman–Crippen LogP) is 3.21. The first-order valence-corrected chi connectivity index (χ1v) is 7.08. The molecule has 3 rings (SSSR count). The summed E-state index contributed by atoms with van der Waals surface area (Å²) in [5.41, 5.74) is 0.721. The van der Waals surface area contributed by atoms with Crippen LogP contribution in [0.25, 0.3) is 0 Å². The Morgan fingerprint density at radius 2 is 1.85 bits per heavy atom. The highest BCUT2D eigenvalue weighted by Gasteiger charge is 2.42. The number of nitrogens with one attached hydrogen (secondary N) is 1. The highest BCUT2D eigenvalue weighted by molar-refractivity contribution is 5.89. The quantitative estimate of drug-likeness (QED) is 0.857. The number of benzene rings is 1. The van der Waals surface area contributed by atoms with Gasteiger partial charge in [0.1, 0.15) is 0 Å². The maximum absolute atomic E-state index is 11.7. The molecule has 1 saturated carbocycles. The van der Waals surface area contributed by atoms with Gasteiger partial charge in [-0.1, -0.05) is 6.42 Å². The second-order valence-electron chi connectivity index (χ2n) is 5.66. The Morgan fingerprint density at radius 3 is 2.55 bits per heavy atom. The second-order valence-corrected chi connectivity index (χ2v) is 5.66. The van der Waals surface area contributed by atoms with Crippen molar-refractivity contribution >= 4 is 11.7 Å². The number of anilines is 1. The van der Waals surface area contributed by atoms with Crippen LogP contribution in [0.15, 0.2) is 18.2 Å². The van der Waals surface area contributed by atoms with Crippen molar-refractivity contribution in [2.45, 2.75) is 37.9 Å². The third kappa shape index (κ3) is 2.40. The monoisotopic (exact) mass is 276 g/mol. The van der Waals surface area contributed by atoms with Crippen LogP contribution < -0.4 is 14.8 Å². The van der Waals surface area contributed by atoms with Crippen molar-refractivity contribution in [1.82, 2.24) is 4.90 Å². The van der Waals surface area contributed by atoms with Crippen molar-refractivity contribution < 1.29 is 14.3 Å². The smallest absolute Gasteiger partial charge is 0.321 e. The number of ether oxygens (including phenoxy) is 2. The Kier molecular flexibility index (Phi) is 3.20. The van der Waals surface area contributed by atoms with Gasteiger partial charge >= 0.3 is 6.03 Å². The number of carbonyl (C=O) groups is 1. The molecule has 1 N–H and O–H groups in total. The molecule has 108 valence electrons. The summed E-state index contributed by atoms with van der Waals surface area (Å²) in [6, 6.07) is 5.38. The Labute approximate surface area is 118 Å². The van der Waals surface area contributed by atoms with E-state index < -0.39 is 5.79 Å². The van der Waals surface area contributed by atoms with E-state index >= 15 is 0 Å². The van der Waals surface area contributed by atoms with E-state index in [1.807, 2.05) is 18.2 Å². The molecule has 0 saturated heterocycles. The van der Waals surface area contributed by atoms with Crippen molar-refractivity contribution in [2.24, 2.45) is 0 Å². The SMILES string of the molecule is CN(C)C(=O)Nc1ccc2c(c1)OC1(CCCCC1)O2. The van der Waals surface area contributed by atoms with E-state index in [0.29, 0.717) is 0 Å². The fourth-order valence-electron chi connectivity index (χ4n) is 2.70. The largest absolute Gasteiger partial charge is 0.448 e. The molecule has 20 heavy (non-hydrogen) atoms. The van der Waals surface area contributed by atoms with E-state index in [9.17, 15) is 4.79 Å². The molecule has 0 bridgehead atoms. The molecule has 2 aliphatic rings. The number of rotatable bonds is 1. The van der Waals surface area contributed by atoms with Gasteiger partial charge in [0, 0.05) is 38.7 Å². The van der Waals surface area contributed by atoms with E-state index in [2.05, 4.69) is 5.32 Å². The zero-order valence-electron chi connectivity index (χ0n) is 11.9. The molecule has 0 radical (unpaired) electrons. The normalized spacial score (nSPS) is 18.9. The molecule has 0 atom stereocenters. The van der Waals surface area contributed by atoms with E-state index in [1.54, 1.807) is 14.1 Å². The van der Waals surface area contributed by atoms with Gasteiger partial charge in [0.05, 0.1) is 0 Å². The first-order chi connectivity index (χ1) is 9.58. The van der Waals surface area contributed by atoms with Crippen LogP contribution in [0.5, 0.6) is 11.5 Å². The second kappa shape index (κ2) is 4.89. The summed E-state index contributed by atoms with van der Waals surface area (Å²) in [4.78, 5) is 13.1. The van der Waals surface area contributed by atoms with Crippen LogP contribution in [-0.4, -0.2) is 30.8 Å². The minimum atomic E-state index is -0.467. The van der Waals surface area contributed by atoms with Crippen molar-refractivity contribution in [1.29, 1.82) is 0 Å². The first kappa shape index (κ1) is 13.1. The molecule has 2 amide bonds. The van der Waals surface area contributed by atoms with Crippen LogP contribution >= 0.6 is 0 Å². The summed E-state index contributed by atoms with van der Waals surface area (Å²) >= 11 is 0. The number of urea groups is 1. The number of fused-ring (bicyclic) bond motifs is 1. The lowest BCUT2D eigenvalue weighted by atomic mass is 9.94. The molecule has 0 aromatic heterocycles. The van der Waals surface area contributed by atoms with Gasteiger partial charge < -0.3 is 19.7 Å². The average Bonchev–Trinajstić information content (AvgIpc) is 2.76. The molecule has 1 aromatic carbocycles. The van der Waals surface area contributed by atoms with Crippen LogP contribution in [0, 0.1) is 0 Å². The number of hydrogen-bond acceptors (Lipinski definition) is 3. The minimum absolute atomic E-state index is 0.156. The van der Waals surface area contributed by atoms with Crippen molar-refractivity contribution in [3.8, 4) is 11.5 Å². The lowest BCUT2D eigenvalue weighted by Gasteiger charge is -2.31. The topological polar surface area (TPSA) is 50.8 Å². The fraction of sp³-hybridized carbons (Fsp3) is 0.533. The van der Waals surface area contributed by atoms with Crippen LogP contribution in [0.1, 0.15) is 32.1 Å². The number of hydrogen-bond donors (Lipinski definition) is 1. The molecule has 1 spiro atoms. The Hall–Kier alpha value is -1.91. The molecular weight excluding hydrogens is 256 g/mol. The van der Waals surface area contributed by atoms with Crippen LogP contribution in [-0.2, 0) is 0 Å². The van der Waals surface area contributed by atoms with Gasteiger partial charge in [0.25, 0.3) is 5.79 Å². The van der Waals surface area contributed by atoms with Gasteiger partial charge in [-0.25, -0.2) is 4.79 Å². The maximum Gasteiger partial charge on any atom is 0.321 e. The number of nitrogens with zero attached hydrogens (tertiary/aromatic N) is 1. The first-order valence-electron chi connectivity index (χ1n) is 7.08. The Balaban J connectivity index is 1.76. The molecular formula is C15H20N2O3. The Bertz CT molecular complexity index is 522. The summed E-state index contributed by atoms with van der Waals surface area (Å²) in [5.74, 6) is 1.03. The van der Waals surface area contributed by atoms with E-state index in [1.165, 1.54) is 11.3 Å².